The molecule has 1 aromatic carbocycles. The number of fused-ring (bicyclic) bond motifs is 3. The van der Waals surface area contributed by atoms with Crippen LogP contribution in [0.3, 0.4) is 0 Å². The van der Waals surface area contributed by atoms with Crippen molar-refractivity contribution >= 4 is 11.6 Å². The third kappa shape index (κ3) is 1.75. The van der Waals surface area contributed by atoms with Crippen LogP contribution in [0.1, 0.15) is 74.9 Å². The molecule has 130 valence electrons. The number of Topliss-reactive ketones (excluding diaryl/α,β-unsaturated/α-hetero) is 2. The van der Waals surface area contributed by atoms with E-state index in [1.54, 1.807) is 27.7 Å². The Hall–Kier alpha value is -2.04. The van der Waals surface area contributed by atoms with Crippen molar-refractivity contribution < 1.29 is 24.9 Å². The van der Waals surface area contributed by atoms with Gasteiger partial charge in [0, 0.05) is 34.3 Å². The van der Waals surface area contributed by atoms with Gasteiger partial charge in [-0.1, -0.05) is 34.6 Å². The Balaban J connectivity index is 2.39. The van der Waals surface area contributed by atoms with Crippen LogP contribution in [0.4, 0.5) is 0 Å². The highest BCUT2D eigenvalue weighted by Gasteiger charge is 2.62. The molecule has 1 fully saturated rings. The van der Waals surface area contributed by atoms with Gasteiger partial charge in [-0.05, 0) is 12.3 Å². The van der Waals surface area contributed by atoms with Crippen molar-refractivity contribution in [2.45, 2.75) is 58.8 Å². The van der Waals surface area contributed by atoms with E-state index in [2.05, 4.69) is 0 Å². The van der Waals surface area contributed by atoms with E-state index in [1.807, 2.05) is 6.92 Å². The number of carbonyl (C=O) groups excluding carboxylic acids is 2. The topological polar surface area (TPSA) is 94.8 Å². The van der Waals surface area contributed by atoms with Crippen molar-refractivity contribution in [1.82, 2.24) is 0 Å². The lowest BCUT2D eigenvalue weighted by Crippen LogP contribution is -2.49. The zero-order valence-corrected chi connectivity index (χ0v) is 14.7. The largest absolute Gasteiger partial charge is 0.507 e. The Bertz CT molecular complexity index is 775. The fourth-order valence-corrected chi connectivity index (χ4v) is 4.90. The van der Waals surface area contributed by atoms with Gasteiger partial charge in [0.05, 0.1) is 5.56 Å². The fraction of sp³-hybridized carbons (Fsp3) is 0.579. The number of hydrogen-bond acceptors (Lipinski definition) is 5. The molecule has 0 amide bonds. The van der Waals surface area contributed by atoms with Gasteiger partial charge in [-0.2, -0.15) is 0 Å². The number of carbonyl (C=O) groups is 2. The number of phenols is 3. The molecule has 0 heterocycles. The van der Waals surface area contributed by atoms with Gasteiger partial charge in [-0.15, -0.1) is 0 Å². The molecule has 0 unspecified atom stereocenters. The molecule has 0 aliphatic heterocycles. The summed E-state index contributed by atoms with van der Waals surface area (Å²) in [6.07, 6.45) is 0.714. The molecule has 1 aromatic rings. The van der Waals surface area contributed by atoms with Crippen LogP contribution in [0.2, 0.25) is 0 Å². The van der Waals surface area contributed by atoms with Gasteiger partial charge in [-0.25, -0.2) is 0 Å². The van der Waals surface area contributed by atoms with Crippen LogP contribution < -0.4 is 0 Å². The van der Waals surface area contributed by atoms with Crippen LogP contribution in [-0.4, -0.2) is 26.9 Å². The first-order valence-corrected chi connectivity index (χ1v) is 8.35. The minimum atomic E-state index is -0.879. The molecule has 1 saturated carbocycles. The van der Waals surface area contributed by atoms with Crippen LogP contribution in [0, 0.1) is 11.3 Å². The summed E-state index contributed by atoms with van der Waals surface area (Å²) in [6, 6.07) is 0. The average molecular weight is 332 g/mol. The van der Waals surface area contributed by atoms with Crippen molar-refractivity contribution in [3.05, 3.63) is 16.7 Å². The summed E-state index contributed by atoms with van der Waals surface area (Å²) >= 11 is 0. The molecule has 2 aliphatic carbocycles. The highest BCUT2D eigenvalue weighted by atomic mass is 16.3. The van der Waals surface area contributed by atoms with Crippen LogP contribution in [0.25, 0.3) is 0 Å². The summed E-state index contributed by atoms with van der Waals surface area (Å²) in [4.78, 5) is 25.5. The Kier molecular flexibility index (Phi) is 3.32. The minimum absolute atomic E-state index is 0.0124. The lowest BCUT2D eigenvalue weighted by molar-refractivity contribution is -0.134. The standard InChI is InChI=1S/C19H24O5/c1-8(2)10-13(21)11-12(16(24)14(10)22)19(5)7-6-9(20)18(3,4)17(19)15(11)23/h8,17,21-22,24H,6-7H2,1-5H3/t17-,19-/m1/s1. The second kappa shape index (κ2) is 4.74. The summed E-state index contributed by atoms with van der Waals surface area (Å²) in [5.74, 6) is -2.20. The number of rotatable bonds is 1. The first kappa shape index (κ1) is 16.8. The molecule has 0 aromatic heterocycles. The van der Waals surface area contributed by atoms with Crippen LogP contribution in [-0.2, 0) is 10.2 Å². The predicted molar refractivity (Wildman–Crippen MR) is 88.7 cm³/mol. The molecule has 5 heteroatoms. The molecular weight excluding hydrogens is 308 g/mol. The lowest BCUT2D eigenvalue weighted by atomic mass is 9.56. The van der Waals surface area contributed by atoms with Gasteiger partial charge in [0.25, 0.3) is 0 Å². The third-order valence-corrected chi connectivity index (χ3v) is 6.06. The molecule has 2 aliphatic rings. The second-order valence-electron chi connectivity index (χ2n) is 8.22. The molecule has 2 atom stereocenters. The summed E-state index contributed by atoms with van der Waals surface area (Å²) in [7, 11) is 0. The van der Waals surface area contributed by atoms with Crippen molar-refractivity contribution in [1.29, 1.82) is 0 Å². The molecule has 5 nitrogen and oxygen atoms in total. The van der Waals surface area contributed by atoms with E-state index in [1.165, 1.54) is 0 Å². The molecule has 3 N–H and O–H groups in total. The number of hydrogen-bond donors (Lipinski definition) is 3. The fourth-order valence-electron chi connectivity index (χ4n) is 4.90. The van der Waals surface area contributed by atoms with E-state index in [0.717, 1.165) is 0 Å². The van der Waals surface area contributed by atoms with Crippen molar-refractivity contribution in [3.63, 3.8) is 0 Å². The van der Waals surface area contributed by atoms with Gasteiger partial charge in [-0.3, -0.25) is 9.59 Å². The zero-order chi connectivity index (χ0) is 18.2. The first-order valence-electron chi connectivity index (χ1n) is 8.35. The van der Waals surface area contributed by atoms with Gasteiger partial charge in [0.15, 0.2) is 17.3 Å². The highest BCUT2D eigenvalue weighted by Crippen LogP contribution is 2.63. The number of aromatic hydroxyl groups is 3. The predicted octanol–water partition coefficient (Wildman–Crippen LogP) is 3.39. The molecule has 0 spiro atoms. The van der Waals surface area contributed by atoms with Gasteiger partial charge < -0.3 is 15.3 Å². The van der Waals surface area contributed by atoms with E-state index in [4.69, 9.17) is 0 Å². The van der Waals surface area contributed by atoms with E-state index >= 15 is 0 Å². The SMILES string of the molecule is CC(C)c1c(O)c(O)c2c(c1O)C(=O)[C@@H]1C(C)(C)C(=O)CC[C@]21C. The smallest absolute Gasteiger partial charge is 0.171 e. The third-order valence-electron chi connectivity index (χ3n) is 6.06. The Labute approximate surface area is 141 Å². The van der Waals surface area contributed by atoms with Crippen LogP contribution >= 0.6 is 0 Å². The van der Waals surface area contributed by atoms with Crippen LogP contribution in [0.15, 0.2) is 0 Å². The van der Waals surface area contributed by atoms with E-state index in [-0.39, 0.29) is 51.4 Å². The Morgan fingerprint density at radius 3 is 2.12 bits per heavy atom. The maximum atomic E-state index is 13.2. The molecular formula is C19H24O5. The van der Waals surface area contributed by atoms with E-state index < -0.39 is 16.7 Å². The quantitative estimate of drug-likeness (QED) is 0.541. The van der Waals surface area contributed by atoms with E-state index in [9.17, 15) is 24.9 Å². The summed E-state index contributed by atoms with van der Waals surface area (Å²) in [6.45, 7) is 8.87. The molecule has 3 rings (SSSR count). The first-order chi connectivity index (χ1) is 11.0. The van der Waals surface area contributed by atoms with Crippen LogP contribution in [0.5, 0.6) is 17.2 Å². The second-order valence-corrected chi connectivity index (χ2v) is 8.22. The van der Waals surface area contributed by atoms with Gasteiger partial charge in [0.2, 0.25) is 0 Å². The molecule has 0 saturated heterocycles. The van der Waals surface area contributed by atoms with Crippen molar-refractivity contribution in [3.8, 4) is 17.2 Å². The Morgan fingerprint density at radius 2 is 1.58 bits per heavy atom. The normalized spacial score (nSPS) is 28.2. The Morgan fingerprint density at radius 1 is 1.00 bits per heavy atom. The lowest BCUT2D eigenvalue weighted by Gasteiger charge is -2.45. The number of ketones is 2. The van der Waals surface area contributed by atoms with Crippen molar-refractivity contribution in [2.24, 2.45) is 11.3 Å². The highest BCUT2D eigenvalue weighted by molar-refractivity contribution is 6.11. The maximum Gasteiger partial charge on any atom is 0.171 e. The zero-order valence-electron chi connectivity index (χ0n) is 14.7. The average Bonchev–Trinajstić information content (AvgIpc) is 2.70. The molecule has 0 bridgehead atoms. The van der Waals surface area contributed by atoms with E-state index in [0.29, 0.717) is 12.8 Å². The van der Waals surface area contributed by atoms with Crippen molar-refractivity contribution in [2.75, 3.05) is 0 Å². The summed E-state index contributed by atoms with van der Waals surface area (Å²) in [5, 5.41) is 31.7. The van der Waals surface area contributed by atoms with Gasteiger partial charge >= 0.3 is 0 Å². The number of benzene rings is 1. The maximum absolute atomic E-state index is 13.2. The summed E-state index contributed by atoms with van der Waals surface area (Å²) in [5.41, 5.74) is -1.12. The summed E-state index contributed by atoms with van der Waals surface area (Å²) < 4.78 is 0. The van der Waals surface area contributed by atoms with Gasteiger partial charge in [0.1, 0.15) is 11.5 Å². The monoisotopic (exact) mass is 332 g/mol. The number of phenolic OH excluding ortho intramolecular Hbond substituents is 3. The molecule has 0 radical (unpaired) electrons. The minimum Gasteiger partial charge on any atom is -0.507 e. The molecule has 24 heavy (non-hydrogen) atoms.